The van der Waals surface area contributed by atoms with Crippen LogP contribution in [-0.4, -0.2) is 41.5 Å². The average molecular weight is 359 g/mol. The van der Waals surface area contributed by atoms with E-state index in [1.54, 1.807) is 9.80 Å². The molecule has 0 spiro atoms. The Morgan fingerprint density at radius 1 is 1.23 bits per heavy atom. The summed E-state index contributed by atoms with van der Waals surface area (Å²) in [5.74, 6) is -1.000. The van der Waals surface area contributed by atoms with E-state index in [0.29, 0.717) is 19.6 Å². The van der Waals surface area contributed by atoms with Gasteiger partial charge in [0, 0.05) is 31.7 Å². The molecule has 3 amide bonds. The van der Waals surface area contributed by atoms with E-state index in [4.69, 9.17) is 10.5 Å². The zero-order valence-corrected chi connectivity index (χ0v) is 15.4. The van der Waals surface area contributed by atoms with E-state index in [-0.39, 0.29) is 18.4 Å². The summed E-state index contributed by atoms with van der Waals surface area (Å²) in [5, 5.41) is 0. The molecule has 1 aromatic carbocycles. The van der Waals surface area contributed by atoms with Crippen LogP contribution in [0.5, 0.6) is 0 Å². The number of anilines is 1. The summed E-state index contributed by atoms with van der Waals surface area (Å²) >= 11 is 0. The zero-order chi connectivity index (χ0) is 19.1. The molecule has 1 atom stereocenters. The van der Waals surface area contributed by atoms with Crippen LogP contribution in [0.4, 0.5) is 10.5 Å². The molecule has 0 aromatic heterocycles. The van der Waals surface area contributed by atoms with E-state index in [1.165, 1.54) is 0 Å². The van der Waals surface area contributed by atoms with Crippen LogP contribution < -0.4 is 10.6 Å². The van der Waals surface area contributed by atoms with Gasteiger partial charge in [0.25, 0.3) is 0 Å². The number of carbonyl (C=O) groups excluding carboxylic acids is 3. The first-order valence-electron chi connectivity index (χ1n) is 8.83. The standard InChI is InChI=1S/C19H25N3O4/c1-19(2,3)26-18(25)21-7-6-12-4-5-15(8-13(12)10-21)22-11-14(17(20)24)9-16(22)23/h4-5,8,14H,6-7,9-11H2,1-3H3,(H2,20,24). The summed E-state index contributed by atoms with van der Waals surface area (Å²) in [6.07, 6.45) is 0.558. The molecule has 26 heavy (non-hydrogen) atoms. The SMILES string of the molecule is CC(C)(C)OC(=O)N1CCc2ccc(N3CC(C(N)=O)CC3=O)cc2C1. The maximum absolute atomic E-state index is 12.3. The van der Waals surface area contributed by atoms with Crippen molar-refractivity contribution in [3.63, 3.8) is 0 Å². The van der Waals surface area contributed by atoms with Gasteiger partial charge in [0.05, 0.1) is 5.92 Å². The number of amides is 3. The lowest BCUT2D eigenvalue weighted by molar-refractivity contribution is -0.123. The molecule has 0 aliphatic carbocycles. The average Bonchev–Trinajstić information content (AvgIpc) is 2.94. The summed E-state index contributed by atoms with van der Waals surface area (Å²) in [6, 6.07) is 5.80. The second kappa shape index (κ2) is 6.63. The number of hydrogen-bond acceptors (Lipinski definition) is 4. The van der Waals surface area contributed by atoms with E-state index in [0.717, 1.165) is 23.2 Å². The highest BCUT2D eigenvalue weighted by atomic mass is 16.6. The largest absolute Gasteiger partial charge is 0.444 e. The van der Waals surface area contributed by atoms with Gasteiger partial charge in [-0.2, -0.15) is 0 Å². The third-order valence-electron chi connectivity index (χ3n) is 4.69. The molecular weight excluding hydrogens is 334 g/mol. The number of benzene rings is 1. The smallest absolute Gasteiger partial charge is 0.410 e. The van der Waals surface area contributed by atoms with Gasteiger partial charge in [0.15, 0.2) is 0 Å². The van der Waals surface area contributed by atoms with E-state index in [9.17, 15) is 14.4 Å². The molecule has 3 rings (SSSR count). The van der Waals surface area contributed by atoms with Crippen LogP contribution in [0.15, 0.2) is 18.2 Å². The summed E-state index contributed by atoms with van der Waals surface area (Å²) in [4.78, 5) is 39.2. The van der Waals surface area contributed by atoms with Crippen LogP contribution in [-0.2, 0) is 27.3 Å². The number of primary amides is 1. The monoisotopic (exact) mass is 359 g/mol. The number of rotatable bonds is 2. The molecule has 2 aliphatic rings. The lowest BCUT2D eigenvalue weighted by Gasteiger charge is -2.32. The Bertz CT molecular complexity index is 754. The Morgan fingerprint density at radius 2 is 1.96 bits per heavy atom. The number of hydrogen-bond donors (Lipinski definition) is 1. The minimum absolute atomic E-state index is 0.103. The molecular formula is C19H25N3O4. The minimum atomic E-state index is -0.537. The van der Waals surface area contributed by atoms with Gasteiger partial charge < -0.3 is 20.3 Å². The highest BCUT2D eigenvalue weighted by Gasteiger charge is 2.34. The number of nitrogens with zero attached hydrogens (tertiary/aromatic N) is 2. The molecule has 7 heteroatoms. The van der Waals surface area contributed by atoms with Crippen molar-refractivity contribution in [1.82, 2.24) is 4.90 Å². The molecule has 1 fully saturated rings. The lowest BCUT2D eigenvalue weighted by atomic mass is 9.99. The number of nitrogens with two attached hydrogens (primary N) is 1. The van der Waals surface area contributed by atoms with Gasteiger partial charge in [-0.25, -0.2) is 4.79 Å². The molecule has 0 saturated carbocycles. The fraction of sp³-hybridized carbons (Fsp3) is 0.526. The van der Waals surface area contributed by atoms with Crippen molar-refractivity contribution in [3.8, 4) is 0 Å². The normalized spacial score (nSPS) is 20.1. The van der Waals surface area contributed by atoms with Gasteiger partial charge in [-0.15, -0.1) is 0 Å². The maximum Gasteiger partial charge on any atom is 0.410 e. The van der Waals surface area contributed by atoms with Gasteiger partial charge >= 0.3 is 6.09 Å². The topological polar surface area (TPSA) is 92.9 Å². The molecule has 1 aromatic rings. The zero-order valence-electron chi connectivity index (χ0n) is 15.4. The molecule has 2 N–H and O–H groups in total. The van der Waals surface area contributed by atoms with Crippen molar-refractivity contribution >= 4 is 23.6 Å². The second-order valence-corrected chi connectivity index (χ2v) is 7.91. The Hall–Kier alpha value is -2.57. The maximum atomic E-state index is 12.3. The summed E-state index contributed by atoms with van der Waals surface area (Å²) in [5.41, 5.74) is 7.69. The predicted molar refractivity (Wildman–Crippen MR) is 96.4 cm³/mol. The Kier molecular flexibility index (Phi) is 4.64. The van der Waals surface area contributed by atoms with Crippen LogP contribution in [0.3, 0.4) is 0 Å². The molecule has 7 nitrogen and oxygen atoms in total. The molecule has 0 radical (unpaired) electrons. The Morgan fingerprint density at radius 3 is 2.58 bits per heavy atom. The fourth-order valence-electron chi connectivity index (χ4n) is 3.34. The number of fused-ring (bicyclic) bond motifs is 1. The van der Waals surface area contributed by atoms with Crippen molar-refractivity contribution in [2.24, 2.45) is 11.7 Å². The fourth-order valence-corrected chi connectivity index (χ4v) is 3.34. The first-order chi connectivity index (χ1) is 12.1. The van der Waals surface area contributed by atoms with Crippen molar-refractivity contribution in [2.45, 2.75) is 45.8 Å². The van der Waals surface area contributed by atoms with Crippen LogP contribution >= 0.6 is 0 Å². The first kappa shape index (κ1) is 18.2. The summed E-state index contributed by atoms with van der Waals surface area (Å²) in [6.45, 7) is 6.88. The van der Waals surface area contributed by atoms with Crippen molar-refractivity contribution in [3.05, 3.63) is 29.3 Å². The first-order valence-corrected chi connectivity index (χ1v) is 8.83. The van der Waals surface area contributed by atoms with E-state index in [1.807, 2.05) is 39.0 Å². The highest BCUT2D eigenvalue weighted by molar-refractivity contribution is 6.00. The van der Waals surface area contributed by atoms with Crippen molar-refractivity contribution in [1.29, 1.82) is 0 Å². The third kappa shape index (κ3) is 3.81. The molecule has 1 unspecified atom stereocenters. The van der Waals surface area contributed by atoms with Crippen molar-refractivity contribution in [2.75, 3.05) is 18.0 Å². The van der Waals surface area contributed by atoms with Gasteiger partial charge in [-0.1, -0.05) is 6.07 Å². The minimum Gasteiger partial charge on any atom is -0.444 e. The van der Waals surface area contributed by atoms with E-state index < -0.39 is 17.4 Å². The van der Waals surface area contributed by atoms with Gasteiger partial charge in [-0.05, 0) is 50.5 Å². The predicted octanol–water partition coefficient (Wildman–Crippen LogP) is 1.82. The van der Waals surface area contributed by atoms with Gasteiger partial charge in [0.1, 0.15) is 5.60 Å². The molecule has 1 saturated heterocycles. The van der Waals surface area contributed by atoms with Crippen LogP contribution in [0, 0.1) is 5.92 Å². The Balaban J connectivity index is 1.77. The Labute approximate surface area is 153 Å². The molecule has 140 valence electrons. The summed E-state index contributed by atoms with van der Waals surface area (Å²) in [7, 11) is 0. The second-order valence-electron chi connectivity index (χ2n) is 7.91. The van der Waals surface area contributed by atoms with Crippen LogP contribution in [0.25, 0.3) is 0 Å². The van der Waals surface area contributed by atoms with E-state index >= 15 is 0 Å². The van der Waals surface area contributed by atoms with Gasteiger partial charge in [-0.3, -0.25) is 9.59 Å². The molecule has 2 heterocycles. The number of carbonyl (C=O) groups is 3. The van der Waals surface area contributed by atoms with E-state index in [2.05, 4.69) is 0 Å². The highest BCUT2D eigenvalue weighted by Crippen LogP contribution is 2.29. The third-order valence-corrected chi connectivity index (χ3v) is 4.69. The van der Waals surface area contributed by atoms with Crippen molar-refractivity contribution < 1.29 is 19.1 Å². The van der Waals surface area contributed by atoms with Crippen LogP contribution in [0.1, 0.15) is 38.3 Å². The quantitative estimate of drug-likeness (QED) is 0.872. The lowest BCUT2D eigenvalue weighted by Crippen LogP contribution is -2.40. The number of ether oxygens (including phenoxy) is 1. The van der Waals surface area contributed by atoms with Gasteiger partial charge in [0.2, 0.25) is 11.8 Å². The van der Waals surface area contributed by atoms with Crippen LogP contribution in [0.2, 0.25) is 0 Å². The summed E-state index contributed by atoms with van der Waals surface area (Å²) < 4.78 is 5.45. The molecule has 2 aliphatic heterocycles. The molecule has 0 bridgehead atoms.